The molecule has 4 nitrogen and oxygen atoms in total. The van der Waals surface area contributed by atoms with E-state index in [0.717, 1.165) is 12.1 Å². The van der Waals surface area contributed by atoms with Crippen LogP contribution in [-0.4, -0.2) is 16.9 Å². The van der Waals surface area contributed by atoms with Crippen LogP contribution in [0.5, 0.6) is 0 Å². The van der Waals surface area contributed by atoms with E-state index >= 15 is 0 Å². The molecule has 5 heteroatoms. The second kappa shape index (κ2) is 5.95. The molecular weight excluding hydrogens is 260 g/mol. The van der Waals surface area contributed by atoms with Crippen LogP contribution in [0.15, 0.2) is 35.7 Å². The number of hydrogen-bond donors (Lipinski definition) is 0. The quantitative estimate of drug-likeness (QED) is 0.619. The van der Waals surface area contributed by atoms with Crippen molar-refractivity contribution in [2.24, 2.45) is 0 Å². The Labute approximate surface area is 116 Å². The Balaban J connectivity index is 2.02. The third-order valence-corrected chi connectivity index (χ3v) is 3.96. The first-order valence-electron chi connectivity index (χ1n) is 6.01. The van der Waals surface area contributed by atoms with Crippen LogP contribution in [0.3, 0.4) is 0 Å². The average molecular weight is 276 g/mol. The predicted octanol–water partition coefficient (Wildman–Crippen LogP) is 3.60. The summed E-state index contributed by atoms with van der Waals surface area (Å²) < 4.78 is 0. The molecule has 0 unspecified atom stereocenters. The SMILES string of the molecule is Cc1ccsc1CN(C)Cc1cccc([N+](=O)[O-])c1. The van der Waals surface area contributed by atoms with Crippen LogP contribution in [0, 0.1) is 17.0 Å². The van der Waals surface area contributed by atoms with E-state index in [4.69, 9.17) is 0 Å². The molecule has 1 heterocycles. The van der Waals surface area contributed by atoms with E-state index < -0.39 is 0 Å². The molecular formula is C14H16N2O2S. The largest absolute Gasteiger partial charge is 0.297 e. The predicted molar refractivity (Wildman–Crippen MR) is 77.3 cm³/mol. The van der Waals surface area contributed by atoms with Crippen LogP contribution in [0.25, 0.3) is 0 Å². The smallest absolute Gasteiger partial charge is 0.269 e. The fourth-order valence-corrected chi connectivity index (χ4v) is 2.93. The Kier molecular flexibility index (Phi) is 4.29. The first-order valence-corrected chi connectivity index (χ1v) is 6.89. The molecule has 0 aliphatic heterocycles. The van der Waals surface area contributed by atoms with Crippen molar-refractivity contribution in [2.45, 2.75) is 20.0 Å². The molecule has 0 bridgehead atoms. The maximum absolute atomic E-state index is 10.7. The third-order valence-electron chi connectivity index (χ3n) is 2.96. The molecule has 0 fully saturated rings. The van der Waals surface area contributed by atoms with Crippen molar-refractivity contribution < 1.29 is 4.92 Å². The number of nitro benzene ring substituents is 1. The number of non-ortho nitro benzene ring substituents is 1. The minimum Gasteiger partial charge on any atom is -0.297 e. The summed E-state index contributed by atoms with van der Waals surface area (Å²) >= 11 is 1.75. The molecule has 0 radical (unpaired) electrons. The minimum absolute atomic E-state index is 0.151. The molecule has 0 aliphatic rings. The lowest BCUT2D eigenvalue weighted by molar-refractivity contribution is -0.384. The van der Waals surface area contributed by atoms with Gasteiger partial charge in [0.15, 0.2) is 0 Å². The number of hydrogen-bond acceptors (Lipinski definition) is 4. The molecule has 2 aromatic rings. The zero-order valence-electron chi connectivity index (χ0n) is 11.0. The Bertz CT molecular complexity index is 580. The van der Waals surface area contributed by atoms with Gasteiger partial charge >= 0.3 is 0 Å². The normalized spacial score (nSPS) is 10.9. The molecule has 0 atom stereocenters. The Hall–Kier alpha value is -1.72. The molecule has 0 saturated heterocycles. The van der Waals surface area contributed by atoms with E-state index in [9.17, 15) is 10.1 Å². The molecule has 19 heavy (non-hydrogen) atoms. The molecule has 0 amide bonds. The van der Waals surface area contributed by atoms with Gasteiger partial charge in [0, 0.05) is 30.1 Å². The third kappa shape index (κ3) is 3.62. The summed E-state index contributed by atoms with van der Waals surface area (Å²) in [6, 6.07) is 8.92. The molecule has 0 N–H and O–H groups in total. The fraction of sp³-hybridized carbons (Fsp3) is 0.286. The van der Waals surface area contributed by atoms with Gasteiger partial charge in [0.2, 0.25) is 0 Å². The van der Waals surface area contributed by atoms with Crippen molar-refractivity contribution >= 4 is 17.0 Å². The van der Waals surface area contributed by atoms with Crippen LogP contribution in [0.4, 0.5) is 5.69 Å². The molecule has 1 aromatic heterocycles. The van der Waals surface area contributed by atoms with Crippen LogP contribution in [-0.2, 0) is 13.1 Å². The van der Waals surface area contributed by atoms with Gasteiger partial charge in [-0.15, -0.1) is 11.3 Å². The number of nitrogens with zero attached hydrogens (tertiary/aromatic N) is 2. The van der Waals surface area contributed by atoms with Gasteiger partial charge in [-0.05, 0) is 36.5 Å². The number of nitro groups is 1. The van der Waals surface area contributed by atoms with E-state index in [1.807, 2.05) is 13.1 Å². The standard InChI is InChI=1S/C14H16N2O2S/c1-11-6-7-19-14(11)10-15(2)9-12-4-3-5-13(8-12)16(17)18/h3-8H,9-10H2,1-2H3. The van der Waals surface area contributed by atoms with Gasteiger partial charge in [-0.1, -0.05) is 12.1 Å². The first-order chi connectivity index (χ1) is 9.06. The lowest BCUT2D eigenvalue weighted by atomic mass is 10.2. The van der Waals surface area contributed by atoms with Crippen LogP contribution in [0.1, 0.15) is 16.0 Å². The Morgan fingerprint density at radius 3 is 2.74 bits per heavy atom. The van der Waals surface area contributed by atoms with Gasteiger partial charge in [0.25, 0.3) is 5.69 Å². The van der Waals surface area contributed by atoms with Crippen molar-refractivity contribution in [1.82, 2.24) is 4.90 Å². The molecule has 0 aliphatic carbocycles. The van der Waals surface area contributed by atoms with Crippen molar-refractivity contribution in [3.05, 3.63) is 61.8 Å². The summed E-state index contributed by atoms with van der Waals surface area (Å²) in [4.78, 5) is 13.9. The maximum atomic E-state index is 10.7. The molecule has 2 rings (SSSR count). The van der Waals surface area contributed by atoms with E-state index in [-0.39, 0.29) is 10.6 Å². The number of rotatable bonds is 5. The molecule has 1 aromatic carbocycles. The lowest BCUT2D eigenvalue weighted by Gasteiger charge is -2.16. The highest BCUT2D eigenvalue weighted by Crippen LogP contribution is 2.19. The van der Waals surface area contributed by atoms with Crippen molar-refractivity contribution in [1.29, 1.82) is 0 Å². The van der Waals surface area contributed by atoms with Crippen LogP contribution in [0.2, 0.25) is 0 Å². The number of aryl methyl sites for hydroxylation is 1. The number of benzene rings is 1. The summed E-state index contributed by atoms with van der Waals surface area (Å²) in [7, 11) is 2.03. The van der Waals surface area contributed by atoms with Crippen molar-refractivity contribution in [3.8, 4) is 0 Å². The van der Waals surface area contributed by atoms with Gasteiger partial charge in [-0.25, -0.2) is 0 Å². The molecule has 0 spiro atoms. The molecule has 0 saturated carbocycles. The van der Waals surface area contributed by atoms with Gasteiger partial charge in [0.1, 0.15) is 0 Å². The summed E-state index contributed by atoms with van der Waals surface area (Å²) in [6.07, 6.45) is 0. The topological polar surface area (TPSA) is 46.4 Å². The summed E-state index contributed by atoms with van der Waals surface area (Å²) in [5.74, 6) is 0. The Morgan fingerprint density at radius 1 is 1.32 bits per heavy atom. The monoisotopic (exact) mass is 276 g/mol. The second-order valence-corrected chi connectivity index (χ2v) is 5.63. The van der Waals surface area contributed by atoms with Crippen LogP contribution >= 0.6 is 11.3 Å². The summed E-state index contributed by atoms with van der Waals surface area (Å²) in [6.45, 7) is 3.68. The fourth-order valence-electron chi connectivity index (χ4n) is 1.95. The minimum atomic E-state index is -0.354. The highest BCUT2D eigenvalue weighted by Gasteiger charge is 2.09. The zero-order valence-corrected chi connectivity index (χ0v) is 11.8. The molecule has 100 valence electrons. The van der Waals surface area contributed by atoms with Crippen LogP contribution < -0.4 is 0 Å². The average Bonchev–Trinajstić information content (AvgIpc) is 2.75. The Morgan fingerprint density at radius 2 is 2.11 bits per heavy atom. The first kappa shape index (κ1) is 13.7. The van der Waals surface area contributed by atoms with Crippen molar-refractivity contribution in [3.63, 3.8) is 0 Å². The van der Waals surface area contributed by atoms with Gasteiger partial charge < -0.3 is 0 Å². The van der Waals surface area contributed by atoms with E-state index in [1.54, 1.807) is 23.5 Å². The van der Waals surface area contributed by atoms with Crippen molar-refractivity contribution in [2.75, 3.05) is 7.05 Å². The van der Waals surface area contributed by atoms with Gasteiger partial charge in [-0.2, -0.15) is 0 Å². The van der Waals surface area contributed by atoms with Gasteiger partial charge in [-0.3, -0.25) is 15.0 Å². The lowest BCUT2D eigenvalue weighted by Crippen LogP contribution is -2.17. The van der Waals surface area contributed by atoms with E-state index in [0.29, 0.717) is 6.54 Å². The zero-order chi connectivity index (χ0) is 13.8. The summed E-state index contributed by atoms with van der Waals surface area (Å²) in [5.41, 5.74) is 2.42. The maximum Gasteiger partial charge on any atom is 0.269 e. The van der Waals surface area contributed by atoms with Gasteiger partial charge in [0.05, 0.1) is 4.92 Å². The summed E-state index contributed by atoms with van der Waals surface area (Å²) in [5, 5.41) is 12.8. The highest BCUT2D eigenvalue weighted by molar-refractivity contribution is 7.10. The van der Waals surface area contributed by atoms with E-state index in [2.05, 4.69) is 23.3 Å². The van der Waals surface area contributed by atoms with E-state index in [1.165, 1.54) is 16.5 Å². The highest BCUT2D eigenvalue weighted by atomic mass is 32.1. The number of thiophene rings is 1. The second-order valence-electron chi connectivity index (χ2n) is 4.63.